The van der Waals surface area contributed by atoms with E-state index in [4.69, 9.17) is 15.2 Å². The van der Waals surface area contributed by atoms with Crippen molar-refractivity contribution in [3.8, 4) is 5.75 Å². The van der Waals surface area contributed by atoms with Crippen LogP contribution >= 0.6 is 0 Å². The van der Waals surface area contributed by atoms with Crippen LogP contribution in [0, 0.1) is 5.92 Å². The first kappa shape index (κ1) is 14.1. The van der Waals surface area contributed by atoms with Crippen molar-refractivity contribution in [3.05, 3.63) is 29.8 Å². The average Bonchev–Trinajstić information content (AvgIpc) is 2.89. The molecule has 0 spiro atoms. The molecule has 1 saturated heterocycles. The summed E-state index contributed by atoms with van der Waals surface area (Å²) in [4.78, 5) is 0. The lowest BCUT2D eigenvalue weighted by molar-refractivity contribution is -0.137. The van der Waals surface area contributed by atoms with Gasteiger partial charge in [0.05, 0.1) is 12.2 Å². The van der Waals surface area contributed by atoms with Crippen LogP contribution in [0.4, 0.5) is 13.2 Å². The monoisotopic (exact) mass is 275 g/mol. The first-order valence-electron chi connectivity index (χ1n) is 6.10. The lowest BCUT2D eigenvalue weighted by Gasteiger charge is -2.18. The third-order valence-electron chi connectivity index (χ3n) is 3.17. The Morgan fingerprint density at radius 2 is 2.21 bits per heavy atom. The Morgan fingerprint density at radius 3 is 2.84 bits per heavy atom. The third-order valence-corrected chi connectivity index (χ3v) is 3.17. The van der Waals surface area contributed by atoms with Gasteiger partial charge in [0.15, 0.2) is 0 Å². The molecule has 106 valence electrons. The third kappa shape index (κ3) is 3.84. The predicted octanol–water partition coefficient (Wildman–Crippen LogP) is 2.45. The van der Waals surface area contributed by atoms with Gasteiger partial charge in [-0.25, -0.2) is 0 Å². The highest BCUT2D eigenvalue weighted by molar-refractivity contribution is 5.30. The van der Waals surface area contributed by atoms with Gasteiger partial charge in [-0.15, -0.1) is 0 Å². The van der Waals surface area contributed by atoms with Crippen LogP contribution in [0.1, 0.15) is 12.0 Å². The van der Waals surface area contributed by atoms with Gasteiger partial charge < -0.3 is 15.2 Å². The maximum absolute atomic E-state index is 12.5. The molecule has 1 aliphatic rings. The Hall–Kier alpha value is -1.27. The largest absolute Gasteiger partial charge is 0.492 e. The zero-order valence-electron chi connectivity index (χ0n) is 10.3. The number of halogens is 3. The van der Waals surface area contributed by atoms with E-state index in [2.05, 4.69) is 0 Å². The van der Waals surface area contributed by atoms with E-state index in [0.717, 1.165) is 18.6 Å². The number of hydrogen-bond acceptors (Lipinski definition) is 3. The molecular weight excluding hydrogens is 259 g/mol. The van der Waals surface area contributed by atoms with Crippen LogP contribution in [-0.2, 0) is 10.9 Å². The van der Waals surface area contributed by atoms with E-state index in [0.29, 0.717) is 13.2 Å². The van der Waals surface area contributed by atoms with Crippen LogP contribution < -0.4 is 10.5 Å². The van der Waals surface area contributed by atoms with Gasteiger partial charge in [-0.2, -0.15) is 13.2 Å². The van der Waals surface area contributed by atoms with E-state index in [1.54, 1.807) is 0 Å². The fourth-order valence-electron chi connectivity index (χ4n) is 1.98. The molecule has 0 saturated carbocycles. The van der Waals surface area contributed by atoms with E-state index in [1.165, 1.54) is 12.1 Å². The van der Waals surface area contributed by atoms with E-state index >= 15 is 0 Å². The summed E-state index contributed by atoms with van der Waals surface area (Å²) in [6, 6.07) is 4.59. The number of benzene rings is 1. The molecule has 6 heteroatoms. The molecule has 1 aromatic rings. The van der Waals surface area contributed by atoms with Crippen molar-refractivity contribution >= 4 is 0 Å². The van der Waals surface area contributed by atoms with Crippen LogP contribution in [0.3, 0.4) is 0 Å². The minimum atomic E-state index is -4.36. The Kier molecular flexibility index (Phi) is 4.31. The van der Waals surface area contributed by atoms with E-state index in [1.807, 2.05) is 0 Å². The lowest BCUT2D eigenvalue weighted by atomic mass is 10.0. The molecule has 0 radical (unpaired) electrons. The molecule has 0 aromatic heterocycles. The normalized spacial score (nSPS) is 21.4. The van der Waals surface area contributed by atoms with Crippen LogP contribution in [0.5, 0.6) is 5.75 Å². The maximum Gasteiger partial charge on any atom is 0.416 e. The van der Waals surface area contributed by atoms with Crippen LogP contribution in [0.2, 0.25) is 0 Å². The molecule has 2 N–H and O–H groups in total. The molecule has 1 fully saturated rings. The zero-order chi connectivity index (χ0) is 13.9. The van der Waals surface area contributed by atoms with Gasteiger partial charge >= 0.3 is 6.18 Å². The molecule has 1 heterocycles. The van der Waals surface area contributed by atoms with Crippen molar-refractivity contribution in [1.82, 2.24) is 0 Å². The number of alkyl halides is 3. The molecule has 0 aliphatic carbocycles. The molecule has 2 rings (SSSR count). The fourth-order valence-corrected chi connectivity index (χ4v) is 1.98. The van der Waals surface area contributed by atoms with Gasteiger partial charge in [-0.3, -0.25) is 0 Å². The minimum absolute atomic E-state index is 0.184. The molecule has 2 unspecified atom stereocenters. The highest BCUT2D eigenvalue weighted by Gasteiger charge is 2.30. The van der Waals surface area contributed by atoms with Crippen molar-refractivity contribution in [2.45, 2.75) is 18.6 Å². The van der Waals surface area contributed by atoms with E-state index < -0.39 is 11.7 Å². The van der Waals surface area contributed by atoms with Gasteiger partial charge in [0.25, 0.3) is 0 Å². The van der Waals surface area contributed by atoms with Crippen LogP contribution in [-0.4, -0.2) is 25.9 Å². The highest BCUT2D eigenvalue weighted by Crippen LogP contribution is 2.31. The second kappa shape index (κ2) is 5.79. The van der Waals surface area contributed by atoms with Gasteiger partial charge in [-0.1, -0.05) is 6.07 Å². The van der Waals surface area contributed by atoms with Crippen LogP contribution in [0.25, 0.3) is 0 Å². The Balaban J connectivity index is 1.92. The molecule has 3 nitrogen and oxygen atoms in total. The number of hydrogen-bond donors (Lipinski definition) is 1. The summed E-state index contributed by atoms with van der Waals surface area (Å²) in [5, 5.41) is 0. The SMILES string of the molecule is NC(COc1cccc(C(F)(F)F)c1)C1CCOC1. The summed E-state index contributed by atoms with van der Waals surface area (Å²) in [6.45, 7) is 1.46. The molecule has 1 aliphatic heterocycles. The van der Waals surface area contributed by atoms with Crippen molar-refractivity contribution < 1.29 is 22.6 Å². The summed E-state index contributed by atoms with van der Waals surface area (Å²) in [5.41, 5.74) is 5.20. The van der Waals surface area contributed by atoms with Crippen molar-refractivity contribution in [2.24, 2.45) is 11.7 Å². The Morgan fingerprint density at radius 1 is 1.42 bits per heavy atom. The first-order valence-corrected chi connectivity index (χ1v) is 6.10. The second-order valence-electron chi connectivity index (χ2n) is 4.62. The summed E-state index contributed by atoms with van der Waals surface area (Å²) in [5.74, 6) is 0.398. The fraction of sp³-hybridized carbons (Fsp3) is 0.538. The summed E-state index contributed by atoms with van der Waals surface area (Å²) < 4.78 is 48.1. The maximum atomic E-state index is 12.5. The zero-order valence-corrected chi connectivity index (χ0v) is 10.3. The van der Waals surface area contributed by atoms with Gasteiger partial charge in [-0.05, 0) is 24.6 Å². The second-order valence-corrected chi connectivity index (χ2v) is 4.62. The quantitative estimate of drug-likeness (QED) is 0.918. The topological polar surface area (TPSA) is 44.5 Å². The number of ether oxygens (including phenoxy) is 2. The first-order chi connectivity index (χ1) is 8.97. The van der Waals surface area contributed by atoms with Crippen molar-refractivity contribution in [1.29, 1.82) is 0 Å². The average molecular weight is 275 g/mol. The van der Waals surface area contributed by atoms with Crippen molar-refractivity contribution in [2.75, 3.05) is 19.8 Å². The smallest absolute Gasteiger partial charge is 0.416 e. The molecule has 0 bridgehead atoms. The molecule has 1 aromatic carbocycles. The Bertz CT molecular complexity index is 417. The number of rotatable bonds is 4. The number of nitrogens with two attached hydrogens (primary N) is 1. The van der Waals surface area contributed by atoms with Gasteiger partial charge in [0, 0.05) is 18.6 Å². The molecular formula is C13H16F3NO2. The summed E-state index contributed by atoms with van der Waals surface area (Å²) >= 11 is 0. The summed E-state index contributed by atoms with van der Waals surface area (Å²) in [6.07, 6.45) is -3.49. The molecule has 19 heavy (non-hydrogen) atoms. The molecule has 2 atom stereocenters. The van der Waals surface area contributed by atoms with E-state index in [9.17, 15) is 13.2 Å². The highest BCUT2D eigenvalue weighted by atomic mass is 19.4. The van der Waals surface area contributed by atoms with Gasteiger partial charge in [0.1, 0.15) is 12.4 Å². The summed E-state index contributed by atoms with van der Waals surface area (Å²) in [7, 11) is 0. The van der Waals surface area contributed by atoms with Crippen LogP contribution in [0.15, 0.2) is 24.3 Å². The standard InChI is InChI=1S/C13H16F3NO2/c14-13(15,16)10-2-1-3-11(6-10)19-8-12(17)9-4-5-18-7-9/h1-3,6,9,12H,4-5,7-8,17H2. The molecule has 0 amide bonds. The lowest BCUT2D eigenvalue weighted by Crippen LogP contribution is -2.36. The minimum Gasteiger partial charge on any atom is -0.492 e. The van der Waals surface area contributed by atoms with Gasteiger partial charge in [0.2, 0.25) is 0 Å². The van der Waals surface area contributed by atoms with Crippen molar-refractivity contribution in [3.63, 3.8) is 0 Å². The van der Waals surface area contributed by atoms with E-state index in [-0.39, 0.29) is 24.3 Å². The predicted molar refractivity (Wildman–Crippen MR) is 63.8 cm³/mol. The Labute approximate surface area is 109 Å².